The monoisotopic (exact) mass is 216 g/mol. The van der Waals surface area contributed by atoms with Crippen molar-refractivity contribution in [1.29, 1.82) is 0 Å². The molecule has 0 amide bonds. The van der Waals surface area contributed by atoms with E-state index in [1.807, 2.05) is 0 Å². The van der Waals surface area contributed by atoms with Crippen molar-refractivity contribution in [2.45, 2.75) is 19.6 Å². The zero-order valence-corrected chi connectivity index (χ0v) is 9.99. The predicted molar refractivity (Wildman–Crippen MR) is 55.5 cm³/mol. The molecule has 0 saturated heterocycles. The Labute approximate surface area is 84.9 Å². The molecule has 14 heavy (non-hydrogen) atoms. The minimum Gasteiger partial charge on any atom is -0.466 e. The van der Waals surface area contributed by atoms with Crippen LogP contribution in [0, 0.1) is 0 Å². The number of hydrogen-bond acceptors (Lipinski definition) is 4. The second-order valence-electron chi connectivity index (χ2n) is 4.02. The zero-order chi connectivity index (χ0) is 11.2. The van der Waals surface area contributed by atoms with Gasteiger partial charge in [-0.3, -0.25) is 0 Å². The molecule has 0 atom stereocenters. The third-order valence-electron chi connectivity index (χ3n) is 1.20. The lowest BCUT2D eigenvalue weighted by Gasteiger charge is -2.14. The first-order valence-corrected chi connectivity index (χ1v) is 7.98. The van der Waals surface area contributed by atoms with Crippen LogP contribution in [0.1, 0.15) is 0 Å². The van der Waals surface area contributed by atoms with Crippen molar-refractivity contribution in [1.82, 2.24) is 0 Å². The lowest BCUT2D eigenvalue weighted by molar-refractivity contribution is -0.138. The molecule has 4 nitrogen and oxygen atoms in total. The summed E-state index contributed by atoms with van der Waals surface area (Å²) in [4.78, 5) is 21.6. The predicted octanol–water partition coefficient (Wildman–Crippen LogP) is 1.14. The van der Waals surface area contributed by atoms with E-state index in [0.29, 0.717) is 6.23 Å². The van der Waals surface area contributed by atoms with E-state index in [2.05, 4.69) is 24.4 Å². The van der Waals surface area contributed by atoms with Crippen LogP contribution in [0.25, 0.3) is 0 Å². The van der Waals surface area contributed by atoms with Crippen molar-refractivity contribution < 1.29 is 19.1 Å². The van der Waals surface area contributed by atoms with Gasteiger partial charge in [-0.05, 0) is 0 Å². The average molecular weight is 216 g/mol. The number of carbonyl (C=O) groups excluding carboxylic acids is 2. The Morgan fingerprint density at radius 2 is 1.64 bits per heavy atom. The van der Waals surface area contributed by atoms with Crippen LogP contribution in [0.2, 0.25) is 19.6 Å². The average Bonchev–Trinajstić information content (AvgIpc) is 2.09. The molecular formula is C9H16O4Si. The second-order valence-corrected chi connectivity index (χ2v) is 9.43. The van der Waals surface area contributed by atoms with E-state index >= 15 is 0 Å². The highest BCUT2D eigenvalue weighted by Crippen LogP contribution is 2.00. The number of methoxy groups -OCH3 is 1. The van der Waals surface area contributed by atoms with Gasteiger partial charge in [-0.15, -0.1) is 0 Å². The van der Waals surface area contributed by atoms with E-state index in [9.17, 15) is 9.59 Å². The van der Waals surface area contributed by atoms with Gasteiger partial charge in [0.15, 0.2) is 0 Å². The maximum atomic E-state index is 11.0. The van der Waals surface area contributed by atoms with Crippen LogP contribution in [-0.4, -0.2) is 33.4 Å². The molecule has 0 unspecified atom stereocenters. The number of ether oxygens (including phenoxy) is 2. The number of esters is 2. The third-order valence-corrected chi connectivity index (χ3v) is 2.21. The Kier molecular flexibility index (Phi) is 5.15. The van der Waals surface area contributed by atoms with E-state index < -0.39 is 20.0 Å². The van der Waals surface area contributed by atoms with E-state index in [-0.39, 0.29) is 0 Å². The minimum atomic E-state index is -1.38. The molecule has 0 bridgehead atoms. The van der Waals surface area contributed by atoms with Gasteiger partial charge < -0.3 is 9.47 Å². The fraction of sp³-hybridized carbons (Fsp3) is 0.556. The largest absolute Gasteiger partial charge is 0.466 e. The van der Waals surface area contributed by atoms with Crippen molar-refractivity contribution in [2.24, 2.45) is 0 Å². The summed E-state index contributed by atoms with van der Waals surface area (Å²) in [5.74, 6) is -1.06. The molecule has 0 aliphatic carbocycles. The molecule has 5 heteroatoms. The molecule has 0 N–H and O–H groups in total. The highest BCUT2D eigenvalue weighted by atomic mass is 28.3. The lowest BCUT2D eigenvalue weighted by Crippen LogP contribution is -2.29. The molecule has 0 heterocycles. The number of rotatable bonds is 4. The van der Waals surface area contributed by atoms with Crippen LogP contribution >= 0.6 is 0 Å². The summed E-state index contributed by atoms with van der Waals surface area (Å²) in [6, 6.07) is 0. The summed E-state index contributed by atoms with van der Waals surface area (Å²) in [6.07, 6.45) is 2.58. The molecule has 0 aromatic rings. The van der Waals surface area contributed by atoms with Gasteiger partial charge in [-0.2, -0.15) is 0 Å². The first-order valence-electron chi connectivity index (χ1n) is 4.28. The van der Waals surface area contributed by atoms with Gasteiger partial charge in [0.2, 0.25) is 0 Å². The van der Waals surface area contributed by atoms with Crippen molar-refractivity contribution in [3.05, 3.63) is 12.2 Å². The highest BCUT2D eigenvalue weighted by Gasteiger charge is 2.15. The number of hydrogen-bond donors (Lipinski definition) is 0. The molecule has 0 aromatic carbocycles. The molecule has 0 aromatic heterocycles. The maximum Gasteiger partial charge on any atom is 0.330 e. The summed E-state index contributed by atoms with van der Waals surface area (Å²) in [5.41, 5.74) is 0. The smallest absolute Gasteiger partial charge is 0.330 e. The summed E-state index contributed by atoms with van der Waals surface area (Å²) < 4.78 is 9.25. The Hall–Kier alpha value is -1.10. The standard InChI is InChI=1S/C9H16O4Si/c1-12-8(10)5-6-9(11)13-7-14(2,3)4/h5-6H,7H2,1-4H3/b6-5+. The lowest BCUT2D eigenvalue weighted by atomic mass is 10.5. The SMILES string of the molecule is COC(=O)/C=C/C(=O)OC[Si](C)(C)C. The summed E-state index contributed by atoms with van der Waals surface area (Å²) in [5, 5.41) is 0. The first kappa shape index (κ1) is 12.9. The van der Waals surface area contributed by atoms with Crippen molar-refractivity contribution in [2.75, 3.05) is 13.3 Å². The fourth-order valence-electron chi connectivity index (χ4n) is 0.540. The fourth-order valence-corrected chi connectivity index (χ4v) is 1.12. The van der Waals surface area contributed by atoms with Crippen LogP contribution in [0.5, 0.6) is 0 Å². The molecule has 0 aliphatic rings. The third kappa shape index (κ3) is 7.54. The molecule has 0 spiro atoms. The zero-order valence-electron chi connectivity index (χ0n) is 8.99. The van der Waals surface area contributed by atoms with E-state index in [0.717, 1.165) is 12.2 Å². The second kappa shape index (κ2) is 5.59. The van der Waals surface area contributed by atoms with Gasteiger partial charge in [-0.25, -0.2) is 9.59 Å². The highest BCUT2D eigenvalue weighted by molar-refractivity contribution is 6.76. The van der Waals surface area contributed by atoms with Gasteiger partial charge in [0, 0.05) is 12.2 Å². The van der Waals surface area contributed by atoms with Crippen LogP contribution in [0.4, 0.5) is 0 Å². The van der Waals surface area contributed by atoms with Gasteiger partial charge in [0.25, 0.3) is 0 Å². The van der Waals surface area contributed by atoms with Crippen LogP contribution in [0.15, 0.2) is 12.2 Å². The van der Waals surface area contributed by atoms with Crippen molar-refractivity contribution in [3.63, 3.8) is 0 Å². The van der Waals surface area contributed by atoms with E-state index in [1.165, 1.54) is 7.11 Å². The maximum absolute atomic E-state index is 11.0. The Morgan fingerprint density at radius 3 is 2.07 bits per heavy atom. The van der Waals surface area contributed by atoms with Gasteiger partial charge in [-0.1, -0.05) is 19.6 Å². The normalized spacial score (nSPS) is 11.4. The molecular weight excluding hydrogens is 200 g/mol. The summed E-state index contributed by atoms with van der Waals surface area (Å²) >= 11 is 0. The summed E-state index contributed by atoms with van der Waals surface area (Å²) in [7, 11) is -0.128. The number of carbonyl (C=O) groups is 2. The van der Waals surface area contributed by atoms with Gasteiger partial charge in [0.1, 0.15) is 0 Å². The first-order chi connectivity index (χ1) is 6.35. The quantitative estimate of drug-likeness (QED) is 0.402. The van der Waals surface area contributed by atoms with E-state index in [4.69, 9.17) is 4.74 Å². The van der Waals surface area contributed by atoms with Crippen molar-refractivity contribution >= 4 is 20.0 Å². The van der Waals surface area contributed by atoms with Crippen molar-refractivity contribution in [3.8, 4) is 0 Å². The summed E-state index contributed by atoms with van der Waals surface area (Å²) in [6.45, 7) is 6.26. The molecule has 0 aliphatic heterocycles. The van der Waals surface area contributed by atoms with Gasteiger partial charge in [0.05, 0.1) is 21.4 Å². The Balaban J connectivity index is 3.88. The van der Waals surface area contributed by atoms with Crippen LogP contribution in [-0.2, 0) is 19.1 Å². The van der Waals surface area contributed by atoms with Crippen LogP contribution < -0.4 is 0 Å². The van der Waals surface area contributed by atoms with Crippen LogP contribution in [0.3, 0.4) is 0 Å². The van der Waals surface area contributed by atoms with E-state index in [1.54, 1.807) is 0 Å². The van der Waals surface area contributed by atoms with Gasteiger partial charge >= 0.3 is 11.9 Å². The Morgan fingerprint density at radius 1 is 1.14 bits per heavy atom. The molecule has 0 radical (unpaired) electrons. The topological polar surface area (TPSA) is 52.6 Å². The molecule has 0 rings (SSSR count). The minimum absolute atomic E-state index is 0.456. The molecule has 80 valence electrons. The molecule has 0 saturated carbocycles. The molecule has 0 fully saturated rings. The Bertz CT molecular complexity index is 240.